The predicted octanol–water partition coefficient (Wildman–Crippen LogP) is 3.34. The molecule has 0 aromatic heterocycles. The van der Waals surface area contributed by atoms with Crippen molar-refractivity contribution in [2.75, 3.05) is 18.7 Å². The minimum Gasteiger partial charge on any atom is -0.462 e. The van der Waals surface area contributed by atoms with Gasteiger partial charge < -0.3 is 19.5 Å². The molecular weight excluding hydrogens is 270 g/mol. The van der Waals surface area contributed by atoms with Crippen molar-refractivity contribution in [3.05, 3.63) is 48.0 Å². The SMILES string of the molecule is CCOC(=O)c1ccc(Nc2ccc3c(c2)OCO3)cc1. The average Bonchev–Trinajstić information content (AvgIpc) is 2.96. The van der Waals surface area contributed by atoms with Gasteiger partial charge in [-0.2, -0.15) is 0 Å². The smallest absolute Gasteiger partial charge is 0.338 e. The number of nitrogens with one attached hydrogen (secondary N) is 1. The second kappa shape index (κ2) is 5.75. The molecule has 0 unspecified atom stereocenters. The van der Waals surface area contributed by atoms with Gasteiger partial charge in [0, 0.05) is 17.4 Å². The summed E-state index contributed by atoms with van der Waals surface area (Å²) in [5, 5.41) is 3.24. The van der Waals surface area contributed by atoms with Crippen LogP contribution in [0.5, 0.6) is 11.5 Å². The molecule has 0 aliphatic carbocycles. The number of fused-ring (bicyclic) bond motifs is 1. The number of benzene rings is 2. The van der Waals surface area contributed by atoms with E-state index in [2.05, 4.69) is 5.32 Å². The summed E-state index contributed by atoms with van der Waals surface area (Å²) in [5.41, 5.74) is 2.30. The van der Waals surface area contributed by atoms with Crippen molar-refractivity contribution in [2.45, 2.75) is 6.92 Å². The number of anilines is 2. The fraction of sp³-hybridized carbons (Fsp3) is 0.188. The van der Waals surface area contributed by atoms with Crippen LogP contribution in [0.25, 0.3) is 0 Å². The lowest BCUT2D eigenvalue weighted by atomic mass is 10.2. The van der Waals surface area contributed by atoms with Crippen LogP contribution in [0.1, 0.15) is 17.3 Å². The van der Waals surface area contributed by atoms with Crippen LogP contribution in [0.15, 0.2) is 42.5 Å². The van der Waals surface area contributed by atoms with Gasteiger partial charge in [0.1, 0.15) is 0 Å². The van der Waals surface area contributed by atoms with Crippen molar-refractivity contribution in [3.63, 3.8) is 0 Å². The van der Waals surface area contributed by atoms with Crippen molar-refractivity contribution in [1.29, 1.82) is 0 Å². The van der Waals surface area contributed by atoms with E-state index in [0.29, 0.717) is 12.2 Å². The fourth-order valence-electron chi connectivity index (χ4n) is 2.05. The quantitative estimate of drug-likeness (QED) is 0.873. The molecule has 0 saturated carbocycles. The minimum absolute atomic E-state index is 0.257. The normalized spacial score (nSPS) is 12.0. The molecule has 0 atom stereocenters. The molecule has 0 amide bonds. The molecule has 2 aromatic carbocycles. The molecule has 0 saturated heterocycles. The maximum absolute atomic E-state index is 11.6. The van der Waals surface area contributed by atoms with Gasteiger partial charge in [-0.3, -0.25) is 0 Å². The van der Waals surface area contributed by atoms with E-state index in [1.165, 1.54) is 0 Å². The van der Waals surface area contributed by atoms with E-state index in [9.17, 15) is 4.79 Å². The van der Waals surface area contributed by atoms with Crippen LogP contribution in [0.2, 0.25) is 0 Å². The molecule has 2 aromatic rings. The van der Waals surface area contributed by atoms with E-state index in [1.807, 2.05) is 30.3 Å². The summed E-state index contributed by atoms with van der Waals surface area (Å²) in [6.07, 6.45) is 0. The highest BCUT2D eigenvalue weighted by molar-refractivity contribution is 5.89. The van der Waals surface area contributed by atoms with E-state index < -0.39 is 0 Å². The lowest BCUT2D eigenvalue weighted by molar-refractivity contribution is 0.0526. The Kier molecular flexibility index (Phi) is 3.64. The summed E-state index contributed by atoms with van der Waals surface area (Å²) < 4.78 is 15.5. The van der Waals surface area contributed by atoms with Gasteiger partial charge in [-0.15, -0.1) is 0 Å². The van der Waals surface area contributed by atoms with Gasteiger partial charge >= 0.3 is 5.97 Å². The molecule has 0 radical (unpaired) electrons. The molecule has 1 aliphatic rings. The molecule has 1 heterocycles. The van der Waals surface area contributed by atoms with Gasteiger partial charge in [0.15, 0.2) is 11.5 Å². The monoisotopic (exact) mass is 285 g/mol. The van der Waals surface area contributed by atoms with Crippen LogP contribution in [-0.4, -0.2) is 19.4 Å². The first-order valence-electron chi connectivity index (χ1n) is 6.70. The van der Waals surface area contributed by atoms with E-state index in [1.54, 1.807) is 19.1 Å². The molecule has 5 heteroatoms. The Labute approximate surface area is 122 Å². The topological polar surface area (TPSA) is 56.8 Å². The summed E-state index contributed by atoms with van der Waals surface area (Å²) in [6, 6.07) is 12.8. The van der Waals surface area contributed by atoms with Crippen LogP contribution in [0.4, 0.5) is 11.4 Å². The first-order valence-corrected chi connectivity index (χ1v) is 6.70. The summed E-state index contributed by atoms with van der Waals surface area (Å²) in [6.45, 7) is 2.41. The number of esters is 1. The number of ether oxygens (including phenoxy) is 3. The van der Waals surface area contributed by atoms with Gasteiger partial charge in [0.25, 0.3) is 0 Å². The zero-order chi connectivity index (χ0) is 14.7. The molecule has 5 nitrogen and oxygen atoms in total. The standard InChI is InChI=1S/C16H15NO4/c1-2-19-16(18)11-3-5-12(6-4-11)17-13-7-8-14-15(9-13)21-10-20-14/h3-9,17H,2,10H2,1H3. The van der Waals surface area contributed by atoms with E-state index in [4.69, 9.17) is 14.2 Å². The summed E-state index contributed by atoms with van der Waals surface area (Å²) in [5.74, 6) is 1.16. The van der Waals surface area contributed by atoms with Crippen molar-refractivity contribution in [2.24, 2.45) is 0 Å². The lowest BCUT2D eigenvalue weighted by Crippen LogP contribution is -2.04. The molecule has 21 heavy (non-hydrogen) atoms. The second-order valence-corrected chi connectivity index (χ2v) is 4.49. The summed E-state index contributed by atoms with van der Waals surface area (Å²) in [7, 11) is 0. The summed E-state index contributed by atoms with van der Waals surface area (Å²) >= 11 is 0. The lowest BCUT2D eigenvalue weighted by Gasteiger charge is -2.08. The molecular formula is C16H15NO4. The van der Waals surface area contributed by atoms with Crippen LogP contribution in [0, 0.1) is 0 Å². The van der Waals surface area contributed by atoms with Gasteiger partial charge in [-0.05, 0) is 43.3 Å². The minimum atomic E-state index is -0.313. The number of hydrogen-bond donors (Lipinski definition) is 1. The van der Waals surface area contributed by atoms with Crippen molar-refractivity contribution in [3.8, 4) is 11.5 Å². The highest BCUT2D eigenvalue weighted by Crippen LogP contribution is 2.35. The second-order valence-electron chi connectivity index (χ2n) is 4.49. The van der Waals surface area contributed by atoms with Crippen LogP contribution in [-0.2, 0) is 4.74 Å². The Bertz CT molecular complexity index is 652. The molecule has 1 aliphatic heterocycles. The van der Waals surface area contributed by atoms with Gasteiger partial charge in [-0.25, -0.2) is 4.79 Å². The van der Waals surface area contributed by atoms with Gasteiger partial charge in [0.05, 0.1) is 12.2 Å². The first kappa shape index (κ1) is 13.3. The summed E-state index contributed by atoms with van der Waals surface area (Å²) in [4.78, 5) is 11.6. The predicted molar refractivity (Wildman–Crippen MR) is 78.2 cm³/mol. The van der Waals surface area contributed by atoms with Crippen molar-refractivity contribution < 1.29 is 19.0 Å². The van der Waals surface area contributed by atoms with Gasteiger partial charge in [-0.1, -0.05) is 0 Å². The zero-order valence-electron chi connectivity index (χ0n) is 11.6. The van der Waals surface area contributed by atoms with Crippen LogP contribution >= 0.6 is 0 Å². The number of hydrogen-bond acceptors (Lipinski definition) is 5. The molecule has 0 bridgehead atoms. The Hall–Kier alpha value is -2.69. The maximum Gasteiger partial charge on any atom is 0.338 e. The maximum atomic E-state index is 11.6. The molecule has 3 rings (SSSR count). The van der Waals surface area contributed by atoms with Crippen molar-refractivity contribution in [1.82, 2.24) is 0 Å². The van der Waals surface area contributed by atoms with E-state index in [0.717, 1.165) is 22.9 Å². The van der Waals surface area contributed by atoms with Crippen LogP contribution in [0.3, 0.4) is 0 Å². The highest BCUT2D eigenvalue weighted by Gasteiger charge is 2.13. The number of carbonyl (C=O) groups excluding carboxylic acids is 1. The van der Waals surface area contributed by atoms with Crippen molar-refractivity contribution >= 4 is 17.3 Å². The number of carbonyl (C=O) groups is 1. The Morgan fingerprint density at radius 2 is 1.81 bits per heavy atom. The molecule has 1 N–H and O–H groups in total. The Balaban J connectivity index is 1.72. The Morgan fingerprint density at radius 3 is 2.57 bits per heavy atom. The third-order valence-electron chi connectivity index (χ3n) is 3.06. The van der Waals surface area contributed by atoms with Gasteiger partial charge in [0.2, 0.25) is 6.79 Å². The third kappa shape index (κ3) is 2.91. The first-order chi connectivity index (χ1) is 10.3. The highest BCUT2D eigenvalue weighted by atomic mass is 16.7. The van der Waals surface area contributed by atoms with E-state index in [-0.39, 0.29) is 12.8 Å². The molecule has 0 fully saturated rings. The number of rotatable bonds is 4. The largest absolute Gasteiger partial charge is 0.462 e. The fourth-order valence-corrected chi connectivity index (χ4v) is 2.05. The van der Waals surface area contributed by atoms with Crippen LogP contribution < -0.4 is 14.8 Å². The average molecular weight is 285 g/mol. The third-order valence-corrected chi connectivity index (χ3v) is 3.06. The van der Waals surface area contributed by atoms with E-state index >= 15 is 0 Å². The molecule has 108 valence electrons. The Morgan fingerprint density at radius 1 is 1.10 bits per heavy atom. The zero-order valence-corrected chi connectivity index (χ0v) is 11.6. The molecule has 0 spiro atoms.